The van der Waals surface area contributed by atoms with Crippen LogP contribution in [0.5, 0.6) is 0 Å². The van der Waals surface area contributed by atoms with Gasteiger partial charge in [-0.1, -0.05) is 0 Å². The molecule has 0 spiro atoms. The van der Waals surface area contributed by atoms with Crippen molar-refractivity contribution in [3.63, 3.8) is 0 Å². The van der Waals surface area contributed by atoms with Crippen LogP contribution in [0.2, 0.25) is 0 Å². The van der Waals surface area contributed by atoms with Crippen molar-refractivity contribution in [3.8, 4) is 0 Å². The molecule has 57 valence electrons. The fraction of sp³-hybridized carbons (Fsp3) is 1.00. The molecule has 1 N–H and O–H groups in total. The van der Waals surface area contributed by atoms with Crippen molar-refractivity contribution in [1.29, 1.82) is 0 Å². The standard InChI is InChI=1S/C3H9B3N2O2P/c1-7-3-9-11(10-5)8(2)6-4/h7H,3H2,1-2H3. The lowest BCUT2D eigenvalue weighted by Gasteiger charge is -2.24. The monoisotopic (exact) mass is 169 g/mol. The van der Waals surface area contributed by atoms with Gasteiger partial charge in [0.15, 0.2) is 7.31 Å². The molecule has 0 aromatic rings. The smallest absolute Gasteiger partial charge is 0.293 e. The Balaban J connectivity index is 3.56. The van der Waals surface area contributed by atoms with E-state index in [4.69, 9.17) is 20.3 Å². The molecule has 0 rings (SSSR count). The van der Waals surface area contributed by atoms with Crippen molar-refractivity contribution in [1.82, 2.24) is 9.90 Å². The number of nitrogens with zero attached hydrogens (tertiary/aromatic N) is 1. The summed E-state index contributed by atoms with van der Waals surface area (Å²) in [6, 6.07) is 0. The van der Waals surface area contributed by atoms with E-state index in [2.05, 4.69) is 9.76 Å². The summed E-state index contributed by atoms with van der Waals surface area (Å²) in [5, 5.41) is 2.79. The Morgan fingerprint density at radius 2 is 2.36 bits per heavy atom. The predicted octanol–water partition coefficient (Wildman–Crippen LogP) is -0.859. The van der Waals surface area contributed by atoms with Gasteiger partial charge in [-0.05, 0) is 14.1 Å². The summed E-state index contributed by atoms with van der Waals surface area (Å²) in [5.41, 5.74) is 0. The van der Waals surface area contributed by atoms with Crippen molar-refractivity contribution in [2.24, 2.45) is 0 Å². The summed E-state index contributed by atoms with van der Waals surface area (Å²) in [6.45, 7) is 0.376. The molecule has 0 aliphatic rings. The zero-order chi connectivity index (χ0) is 8.69. The maximum atomic E-state index is 5.20. The predicted molar refractivity (Wildman–Crippen MR) is 48.0 cm³/mol. The van der Waals surface area contributed by atoms with E-state index >= 15 is 0 Å². The van der Waals surface area contributed by atoms with Crippen molar-refractivity contribution < 1.29 is 8.96 Å². The first-order chi connectivity index (χ1) is 5.26. The molecule has 0 bridgehead atoms. The van der Waals surface area contributed by atoms with Gasteiger partial charge < -0.3 is 8.96 Å². The molecule has 1 atom stereocenters. The number of nitrogens with one attached hydrogen (secondary N) is 1. The van der Waals surface area contributed by atoms with E-state index in [-0.39, 0.29) is 0 Å². The summed E-state index contributed by atoms with van der Waals surface area (Å²) in [6.07, 6.45) is 0. The van der Waals surface area contributed by atoms with Crippen LogP contribution in [0.3, 0.4) is 0 Å². The van der Waals surface area contributed by atoms with E-state index in [1.807, 2.05) is 0 Å². The Kier molecular flexibility index (Phi) is 7.43. The fourth-order valence-corrected chi connectivity index (χ4v) is 1.11. The quantitative estimate of drug-likeness (QED) is 0.318. The summed E-state index contributed by atoms with van der Waals surface area (Å²) in [4.78, 5) is 0. The molecule has 1 unspecified atom stereocenters. The van der Waals surface area contributed by atoms with E-state index in [1.54, 1.807) is 18.7 Å². The van der Waals surface area contributed by atoms with Crippen LogP contribution in [0, 0.1) is 0 Å². The number of rotatable bonds is 6. The first-order valence-electron chi connectivity index (χ1n) is 2.98. The molecule has 4 nitrogen and oxygen atoms in total. The molecule has 8 heteroatoms. The van der Waals surface area contributed by atoms with Crippen LogP contribution >= 0.6 is 8.53 Å². The maximum absolute atomic E-state index is 5.20. The normalized spacial score (nSPS) is 13.4. The first-order valence-corrected chi connectivity index (χ1v) is 4.11. The van der Waals surface area contributed by atoms with Crippen molar-refractivity contribution in [2.75, 3.05) is 20.8 Å². The second kappa shape index (κ2) is 7.13. The van der Waals surface area contributed by atoms with E-state index in [1.165, 1.54) is 7.31 Å². The largest absolute Gasteiger partial charge is 0.397 e. The highest BCUT2D eigenvalue weighted by Crippen LogP contribution is 2.38. The van der Waals surface area contributed by atoms with Crippen LogP contribution in [0.25, 0.3) is 0 Å². The third-order valence-electron chi connectivity index (χ3n) is 0.883. The van der Waals surface area contributed by atoms with Gasteiger partial charge >= 0.3 is 0 Å². The van der Waals surface area contributed by atoms with Gasteiger partial charge in [-0.2, -0.15) is 0 Å². The Morgan fingerprint density at radius 3 is 2.73 bits per heavy atom. The SMILES string of the molecule is [B][B]N(C)P(O[B])OCNC. The van der Waals surface area contributed by atoms with Gasteiger partial charge in [0.2, 0.25) is 8.53 Å². The average molecular weight is 169 g/mol. The van der Waals surface area contributed by atoms with E-state index in [9.17, 15) is 0 Å². The lowest BCUT2D eigenvalue weighted by atomic mass is 9.67. The van der Waals surface area contributed by atoms with Crippen LogP contribution in [0.1, 0.15) is 0 Å². The third-order valence-corrected chi connectivity index (χ3v) is 2.06. The lowest BCUT2D eigenvalue weighted by molar-refractivity contribution is 0.281. The molecule has 0 saturated carbocycles. The molecular formula is C3H9B3N2O2P. The van der Waals surface area contributed by atoms with Gasteiger partial charge in [0.25, 0.3) is 8.05 Å². The molecule has 0 heterocycles. The highest BCUT2D eigenvalue weighted by atomic mass is 31.2. The minimum absolute atomic E-state index is 0.376. The van der Waals surface area contributed by atoms with E-state index < -0.39 is 8.53 Å². The van der Waals surface area contributed by atoms with Gasteiger partial charge in [-0.3, -0.25) is 9.90 Å². The fourth-order valence-electron chi connectivity index (χ4n) is 0.370. The second-order valence-corrected chi connectivity index (χ2v) is 3.27. The summed E-state index contributed by atoms with van der Waals surface area (Å²) >= 11 is 0. The Labute approximate surface area is 72.1 Å². The second-order valence-electron chi connectivity index (χ2n) is 1.69. The summed E-state index contributed by atoms with van der Waals surface area (Å²) < 4.78 is 11.2. The zero-order valence-electron chi connectivity index (χ0n) is 6.65. The van der Waals surface area contributed by atoms with Gasteiger partial charge in [0, 0.05) is 7.74 Å². The molecular weight excluding hydrogens is 159 g/mol. The van der Waals surface area contributed by atoms with Crippen LogP contribution in [-0.4, -0.2) is 48.5 Å². The maximum Gasteiger partial charge on any atom is 0.293 e. The molecule has 0 saturated heterocycles. The van der Waals surface area contributed by atoms with Gasteiger partial charge in [-0.15, -0.1) is 0 Å². The molecule has 5 radical (unpaired) electrons. The molecule has 0 aromatic carbocycles. The Morgan fingerprint density at radius 1 is 1.73 bits per heavy atom. The van der Waals surface area contributed by atoms with Gasteiger partial charge in [-0.25, -0.2) is 0 Å². The van der Waals surface area contributed by atoms with Crippen LogP contribution < -0.4 is 5.32 Å². The molecule has 0 aliphatic carbocycles. The van der Waals surface area contributed by atoms with Crippen LogP contribution in [0.4, 0.5) is 0 Å². The minimum atomic E-state index is -1.26. The first kappa shape index (κ1) is 11.5. The third kappa shape index (κ3) is 4.83. The zero-order valence-corrected chi connectivity index (χ0v) is 7.54. The number of hydrogen-bond acceptors (Lipinski definition) is 4. The Hall–Kier alpha value is 0.465. The minimum Gasteiger partial charge on any atom is -0.397 e. The lowest BCUT2D eigenvalue weighted by Crippen LogP contribution is -2.22. The average Bonchev–Trinajstić information content (AvgIpc) is 2.05. The number of hydrogen-bond donors (Lipinski definition) is 1. The summed E-state index contributed by atoms with van der Waals surface area (Å²) in [5.74, 6) is 0. The van der Waals surface area contributed by atoms with Gasteiger partial charge in [0.1, 0.15) is 6.73 Å². The molecule has 0 amide bonds. The van der Waals surface area contributed by atoms with E-state index in [0.717, 1.165) is 0 Å². The highest BCUT2D eigenvalue weighted by molar-refractivity contribution is 7.48. The van der Waals surface area contributed by atoms with Crippen molar-refractivity contribution >= 4 is 31.6 Å². The van der Waals surface area contributed by atoms with Crippen molar-refractivity contribution in [2.45, 2.75) is 0 Å². The highest BCUT2D eigenvalue weighted by Gasteiger charge is 2.12. The van der Waals surface area contributed by atoms with Gasteiger partial charge in [0.05, 0.1) is 0 Å². The molecule has 0 fully saturated rings. The Bertz CT molecular complexity index is 101. The van der Waals surface area contributed by atoms with E-state index in [0.29, 0.717) is 6.73 Å². The van der Waals surface area contributed by atoms with Crippen LogP contribution in [0.15, 0.2) is 0 Å². The topological polar surface area (TPSA) is 33.7 Å². The summed E-state index contributed by atoms with van der Waals surface area (Å²) in [7, 11) is 13.7. The van der Waals surface area contributed by atoms with Crippen molar-refractivity contribution in [3.05, 3.63) is 0 Å². The molecule has 11 heavy (non-hydrogen) atoms. The van der Waals surface area contributed by atoms with Crippen LogP contribution in [-0.2, 0) is 8.96 Å². The molecule has 0 aliphatic heterocycles. The molecule has 0 aromatic heterocycles.